The first kappa shape index (κ1) is 13.4. The monoisotopic (exact) mass is 276 g/mol. The number of carbonyl (C=O) groups excluding carboxylic acids is 1. The highest BCUT2D eigenvalue weighted by atomic mass is 35.5. The standard InChI is InChI=1S/C14H13ClN2O2/c1-10-8-11(15)5-6-12(10)16-13(18)9-17-7-3-2-4-14(17)19/h2-8H,9H2,1H3,(H,16,18). The molecule has 1 amide bonds. The van der Waals surface area contributed by atoms with E-state index in [4.69, 9.17) is 11.6 Å². The average Bonchev–Trinajstić information content (AvgIpc) is 2.36. The maximum Gasteiger partial charge on any atom is 0.250 e. The quantitative estimate of drug-likeness (QED) is 0.936. The number of aromatic nitrogens is 1. The zero-order chi connectivity index (χ0) is 13.8. The Morgan fingerprint density at radius 2 is 2.11 bits per heavy atom. The van der Waals surface area contributed by atoms with Crippen molar-refractivity contribution in [2.24, 2.45) is 0 Å². The molecule has 5 heteroatoms. The van der Waals surface area contributed by atoms with Gasteiger partial charge in [0.05, 0.1) is 0 Å². The average molecular weight is 277 g/mol. The molecule has 0 bridgehead atoms. The Bertz CT molecular complexity index is 664. The number of nitrogens with zero attached hydrogens (tertiary/aromatic N) is 1. The lowest BCUT2D eigenvalue weighted by molar-refractivity contribution is -0.116. The van der Waals surface area contributed by atoms with E-state index in [2.05, 4.69) is 5.32 Å². The first-order valence-electron chi connectivity index (χ1n) is 5.78. The number of carbonyl (C=O) groups is 1. The van der Waals surface area contributed by atoms with E-state index in [0.717, 1.165) is 5.56 Å². The zero-order valence-electron chi connectivity index (χ0n) is 10.4. The van der Waals surface area contributed by atoms with Crippen LogP contribution in [-0.2, 0) is 11.3 Å². The van der Waals surface area contributed by atoms with E-state index in [-0.39, 0.29) is 18.0 Å². The number of hydrogen-bond donors (Lipinski definition) is 1. The van der Waals surface area contributed by atoms with Crippen LogP contribution in [0.15, 0.2) is 47.4 Å². The lowest BCUT2D eigenvalue weighted by atomic mass is 10.2. The number of aryl methyl sites for hydroxylation is 1. The highest BCUT2D eigenvalue weighted by Crippen LogP contribution is 2.19. The number of halogens is 1. The summed E-state index contributed by atoms with van der Waals surface area (Å²) in [7, 11) is 0. The van der Waals surface area contributed by atoms with Crippen LogP contribution in [0.25, 0.3) is 0 Å². The van der Waals surface area contributed by atoms with E-state index in [0.29, 0.717) is 10.7 Å². The maximum atomic E-state index is 11.9. The fourth-order valence-electron chi connectivity index (χ4n) is 1.70. The van der Waals surface area contributed by atoms with Gasteiger partial charge in [-0.1, -0.05) is 17.7 Å². The van der Waals surface area contributed by atoms with Crippen LogP contribution in [0.4, 0.5) is 5.69 Å². The third kappa shape index (κ3) is 3.45. The van der Waals surface area contributed by atoms with Crippen LogP contribution in [0.1, 0.15) is 5.56 Å². The van der Waals surface area contributed by atoms with Gasteiger partial charge in [-0.3, -0.25) is 9.59 Å². The topological polar surface area (TPSA) is 51.1 Å². The van der Waals surface area contributed by atoms with Crippen molar-refractivity contribution < 1.29 is 4.79 Å². The van der Waals surface area contributed by atoms with Crippen molar-refractivity contribution in [3.63, 3.8) is 0 Å². The molecule has 0 saturated carbocycles. The minimum atomic E-state index is -0.251. The van der Waals surface area contributed by atoms with Crippen molar-refractivity contribution in [3.05, 3.63) is 63.5 Å². The van der Waals surface area contributed by atoms with Gasteiger partial charge in [-0.05, 0) is 36.8 Å². The second-order valence-corrected chi connectivity index (χ2v) is 4.61. The molecule has 0 aliphatic carbocycles. The predicted molar refractivity (Wildman–Crippen MR) is 75.5 cm³/mol. The Kier molecular flexibility index (Phi) is 4.02. The maximum absolute atomic E-state index is 11.9. The second-order valence-electron chi connectivity index (χ2n) is 4.17. The first-order chi connectivity index (χ1) is 9.06. The van der Waals surface area contributed by atoms with Crippen LogP contribution in [-0.4, -0.2) is 10.5 Å². The molecule has 0 atom stereocenters. The van der Waals surface area contributed by atoms with E-state index in [1.807, 2.05) is 6.92 Å². The summed E-state index contributed by atoms with van der Waals surface area (Å²) in [6, 6.07) is 9.98. The minimum absolute atomic E-state index is 0.0122. The molecule has 4 nitrogen and oxygen atoms in total. The van der Waals surface area contributed by atoms with Gasteiger partial charge >= 0.3 is 0 Å². The molecule has 0 aliphatic rings. The molecule has 19 heavy (non-hydrogen) atoms. The Labute approximate surface area is 115 Å². The summed E-state index contributed by atoms with van der Waals surface area (Å²) in [6.07, 6.45) is 1.58. The SMILES string of the molecule is Cc1cc(Cl)ccc1NC(=O)Cn1ccccc1=O. The third-order valence-corrected chi connectivity index (χ3v) is 2.91. The molecule has 0 saturated heterocycles. The third-order valence-electron chi connectivity index (χ3n) is 2.68. The summed E-state index contributed by atoms with van der Waals surface area (Å²) in [5.41, 5.74) is 1.37. The van der Waals surface area contributed by atoms with E-state index < -0.39 is 0 Å². The smallest absolute Gasteiger partial charge is 0.250 e. The molecule has 0 radical (unpaired) electrons. The number of pyridine rings is 1. The number of rotatable bonds is 3. The summed E-state index contributed by atoms with van der Waals surface area (Å²) in [6.45, 7) is 1.85. The molecule has 2 rings (SSSR count). The van der Waals surface area contributed by atoms with Gasteiger partial charge in [-0.2, -0.15) is 0 Å². The molecule has 0 aliphatic heterocycles. The second kappa shape index (κ2) is 5.71. The number of anilines is 1. The molecular weight excluding hydrogens is 264 g/mol. The molecule has 1 heterocycles. The van der Waals surface area contributed by atoms with Crippen LogP contribution in [0.3, 0.4) is 0 Å². The molecule has 0 fully saturated rings. The fourth-order valence-corrected chi connectivity index (χ4v) is 1.93. The predicted octanol–water partition coefficient (Wildman–Crippen LogP) is 2.45. The van der Waals surface area contributed by atoms with Crippen molar-refractivity contribution in [2.45, 2.75) is 13.5 Å². The van der Waals surface area contributed by atoms with Crippen LogP contribution in [0, 0.1) is 6.92 Å². The van der Waals surface area contributed by atoms with E-state index in [1.165, 1.54) is 10.6 Å². The fraction of sp³-hybridized carbons (Fsp3) is 0.143. The molecular formula is C14H13ClN2O2. The molecule has 1 aromatic heterocycles. The molecule has 0 spiro atoms. The van der Waals surface area contributed by atoms with Crippen LogP contribution in [0.2, 0.25) is 5.02 Å². The van der Waals surface area contributed by atoms with Crippen LogP contribution in [0.5, 0.6) is 0 Å². The number of benzene rings is 1. The zero-order valence-corrected chi connectivity index (χ0v) is 11.1. The van der Waals surface area contributed by atoms with Gasteiger partial charge in [-0.25, -0.2) is 0 Å². The highest BCUT2D eigenvalue weighted by Gasteiger charge is 2.06. The molecule has 0 unspecified atom stereocenters. The highest BCUT2D eigenvalue weighted by molar-refractivity contribution is 6.30. The van der Waals surface area contributed by atoms with Crippen molar-refractivity contribution in [2.75, 3.05) is 5.32 Å². The Morgan fingerprint density at radius 1 is 1.32 bits per heavy atom. The van der Waals surface area contributed by atoms with Crippen LogP contribution < -0.4 is 10.9 Å². The van der Waals surface area contributed by atoms with E-state index in [9.17, 15) is 9.59 Å². The summed E-state index contributed by atoms with van der Waals surface area (Å²) in [5, 5.41) is 3.38. The number of nitrogens with one attached hydrogen (secondary N) is 1. The van der Waals surface area contributed by atoms with Crippen molar-refractivity contribution >= 4 is 23.2 Å². The van der Waals surface area contributed by atoms with Gasteiger partial charge in [-0.15, -0.1) is 0 Å². The normalized spacial score (nSPS) is 10.2. The largest absolute Gasteiger partial charge is 0.324 e. The Balaban J connectivity index is 2.10. The van der Waals surface area contributed by atoms with Crippen LogP contribution >= 0.6 is 11.6 Å². The lowest BCUT2D eigenvalue weighted by Gasteiger charge is -2.09. The Hall–Kier alpha value is -2.07. The molecule has 1 N–H and O–H groups in total. The summed E-state index contributed by atoms with van der Waals surface area (Å²) in [4.78, 5) is 23.4. The minimum Gasteiger partial charge on any atom is -0.324 e. The molecule has 1 aromatic carbocycles. The van der Waals surface area contributed by atoms with Gasteiger partial charge in [0, 0.05) is 23.0 Å². The molecule has 2 aromatic rings. The summed E-state index contributed by atoms with van der Waals surface area (Å²) < 4.78 is 1.35. The van der Waals surface area contributed by atoms with Gasteiger partial charge in [0.25, 0.3) is 5.56 Å². The van der Waals surface area contributed by atoms with Gasteiger partial charge < -0.3 is 9.88 Å². The lowest BCUT2D eigenvalue weighted by Crippen LogP contribution is -2.26. The van der Waals surface area contributed by atoms with Crippen molar-refractivity contribution in [1.82, 2.24) is 4.57 Å². The molecule has 98 valence electrons. The van der Waals surface area contributed by atoms with Gasteiger partial charge in [0.2, 0.25) is 5.91 Å². The Morgan fingerprint density at radius 3 is 2.79 bits per heavy atom. The van der Waals surface area contributed by atoms with Gasteiger partial charge in [0.15, 0.2) is 0 Å². The van der Waals surface area contributed by atoms with Gasteiger partial charge in [0.1, 0.15) is 6.54 Å². The van der Waals surface area contributed by atoms with Crippen molar-refractivity contribution in [1.29, 1.82) is 0 Å². The summed E-state index contributed by atoms with van der Waals surface area (Å²) >= 11 is 5.85. The number of hydrogen-bond acceptors (Lipinski definition) is 2. The summed E-state index contributed by atoms with van der Waals surface area (Å²) in [5.74, 6) is -0.251. The van der Waals surface area contributed by atoms with E-state index >= 15 is 0 Å². The first-order valence-corrected chi connectivity index (χ1v) is 6.15. The van der Waals surface area contributed by atoms with E-state index in [1.54, 1.807) is 36.5 Å². The van der Waals surface area contributed by atoms with Crippen molar-refractivity contribution in [3.8, 4) is 0 Å². The number of amides is 1.